The van der Waals surface area contributed by atoms with Crippen LogP contribution in [0.5, 0.6) is 0 Å². The number of carbonyl (C=O) groups is 1. The minimum Gasteiger partial charge on any atom is -0.383 e. The fourth-order valence-corrected chi connectivity index (χ4v) is 1.31. The van der Waals surface area contributed by atoms with Crippen molar-refractivity contribution < 1.29 is 18.7 Å². The molecule has 1 rings (SSSR count). The fourth-order valence-electron chi connectivity index (χ4n) is 1.31. The van der Waals surface area contributed by atoms with Crippen LogP contribution in [0.15, 0.2) is 0 Å². The van der Waals surface area contributed by atoms with Gasteiger partial charge in [-0.05, 0) is 6.42 Å². The van der Waals surface area contributed by atoms with Crippen LogP contribution in [0, 0.1) is 0 Å². The second-order valence-electron chi connectivity index (χ2n) is 3.29. The van der Waals surface area contributed by atoms with Gasteiger partial charge < -0.3 is 10.0 Å². The number of alkyl halides is 2. The van der Waals surface area contributed by atoms with Gasteiger partial charge in [0.15, 0.2) is 0 Å². The monoisotopic (exact) mass is 193 g/mol. The first-order valence-electron chi connectivity index (χ1n) is 4.31. The summed E-state index contributed by atoms with van der Waals surface area (Å²) in [6.07, 6.45) is -1.16. The summed E-state index contributed by atoms with van der Waals surface area (Å²) in [5.41, 5.74) is 0. The average molecular weight is 193 g/mol. The number of carbonyl (C=O) groups excluding carboxylic acids is 1. The van der Waals surface area contributed by atoms with Crippen molar-refractivity contribution in [1.29, 1.82) is 0 Å². The van der Waals surface area contributed by atoms with Gasteiger partial charge in [0.25, 0.3) is 11.8 Å². The summed E-state index contributed by atoms with van der Waals surface area (Å²) in [5.74, 6) is -3.36. The molecular weight excluding hydrogens is 180 g/mol. The van der Waals surface area contributed by atoms with E-state index in [0.29, 0.717) is 0 Å². The number of aliphatic hydroxyl groups is 1. The van der Waals surface area contributed by atoms with E-state index in [1.54, 1.807) is 6.92 Å². The van der Waals surface area contributed by atoms with Crippen molar-refractivity contribution in [2.45, 2.75) is 31.8 Å². The Balaban J connectivity index is 2.51. The van der Waals surface area contributed by atoms with E-state index in [1.165, 1.54) is 0 Å². The smallest absolute Gasteiger partial charge is 0.267 e. The maximum absolute atomic E-state index is 12.6. The maximum atomic E-state index is 12.6. The van der Waals surface area contributed by atoms with Crippen LogP contribution in [0.25, 0.3) is 0 Å². The molecule has 1 aliphatic rings. The summed E-state index contributed by atoms with van der Waals surface area (Å²) in [6, 6.07) is 0. The molecule has 1 atom stereocenters. The fraction of sp³-hybridized carbons (Fsp3) is 0.875. The van der Waals surface area contributed by atoms with E-state index >= 15 is 0 Å². The largest absolute Gasteiger partial charge is 0.383 e. The molecule has 0 aromatic carbocycles. The molecule has 0 aromatic rings. The molecule has 0 spiro atoms. The zero-order valence-electron chi connectivity index (χ0n) is 7.46. The first-order chi connectivity index (χ1) is 5.96. The van der Waals surface area contributed by atoms with E-state index < -0.39 is 24.5 Å². The highest BCUT2D eigenvalue weighted by Gasteiger charge is 2.41. The number of aliphatic hydroxyl groups excluding tert-OH is 1. The SMILES string of the molecule is CCC(O)C(=O)N1CCC(F)(F)C1. The molecule has 1 saturated heterocycles. The van der Waals surface area contributed by atoms with Crippen LogP contribution in [0.2, 0.25) is 0 Å². The molecule has 1 N–H and O–H groups in total. The predicted octanol–water partition coefficient (Wildman–Crippen LogP) is 0.625. The van der Waals surface area contributed by atoms with Crippen molar-refractivity contribution in [2.75, 3.05) is 13.1 Å². The Kier molecular flexibility index (Phi) is 2.85. The first-order valence-corrected chi connectivity index (χ1v) is 4.31. The molecule has 0 saturated carbocycles. The maximum Gasteiger partial charge on any atom is 0.267 e. The highest BCUT2D eigenvalue weighted by atomic mass is 19.3. The lowest BCUT2D eigenvalue weighted by molar-refractivity contribution is -0.140. The van der Waals surface area contributed by atoms with Gasteiger partial charge in [0.2, 0.25) is 0 Å². The van der Waals surface area contributed by atoms with Crippen molar-refractivity contribution in [3.05, 3.63) is 0 Å². The van der Waals surface area contributed by atoms with Gasteiger partial charge in [0.05, 0.1) is 6.54 Å². The highest BCUT2D eigenvalue weighted by Crippen LogP contribution is 2.27. The number of hydrogen-bond donors (Lipinski definition) is 1. The normalized spacial score (nSPS) is 23.2. The predicted molar refractivity (Wildman–Crippen MR) is 42.4 cm³/mol. The van der Waals surface area contributed by atoms with Crippen LogP contribution < -0.4 is 0 Å². The van der Waals surface area contributed by atoms with E-state index in [-0.39, 0.29) is 19.4 Å². The lowest BCUT2D eigenvalue weighted by atomic mass is 10.2. The molecule has 1 amide bonds. The second-order valence-corrected chi connectivity index (χ2v) is 3.29. The molecule has 76 valence electrons. The molecule has 1 heterocycles. The molecule has 1 fully saturated rings. The lowest BCUT2D eigenvalue weighted by Crippen LogP contribution is -2.38. The van der Waals surface area contributed by atoms with Gasteiger partial charge in [0.1, 0.15) is 6.10 Å². The Morgan fingerprint density at radius 1 is 1.69 bits per heavy atom. The minimum atomic E-state index is -2.77. The highest BCUT2D eigenvalue weighted by molar-refractivity contribution is 5.80. The summed E-state index contributed by atoms with van der Waals surface area (Å²) in [4.78, 5) is 12.2. The van der Waals surface area contributed by atoms with E-state index in [4.69, 9.17) is 5.11 Å². The minimum absolute atomic E-state index is 0.0445. The Morgan fingerprint density at radius 3 is 2.69 bits per heavy atom. The third-order valence-electron chi connectivity index (χ3n) is 2.15. The van der Waals surface area contributed by atoms with Gasteiger partial charge in [-0.3, -0.25) is 4.79 Å². The molecule has 1 unspecified atom stereocenters. The van der Waals surface area contributed by atoms with E-state index in [0.717, 1.165) is 4.90 Å². The lowest BCUT2D eigenvalue weighted by Gasteiger charge is -2.18. The number of rotatable bonds is 2. The van der Waals surface area contributed by atoms with Crippen molar-refractivity contribution in [3.63, 3.8) is 0 Å². The summed E-state index contributed by atoms with van der Waals surface area (Å²) in [6.45, 7) is 1.13. The van der Waals surface area contributed by atoms with Crippen molar-refractivity contribution in [2.24, 2.45) is 0 Å². The number of nitrogens with zero attached hydrogens (tertiary/aromatic N) is 1. The average Bonchev–Trinajstić information content (AvgIpc) is 2.43. The summed E-state index contributed by atoms with van der Waals surface area (Å²) in [7, 11) is 0. The number of likely N-dealkylation sites (tertiary alicyclic amines) is 1. The summed E-state index contributed by atoms with van der Waals surface area (Å²) >= 11 is 0. The van der Waals surface area contributed by atoms with Gasteiger partial charge >= 0.3 is 0 Å². The molecule has 5 heteroatoms. The summed E-state index contributed by atoms with van der Waals surface area (Å²) in [5, 5.41) is 9.12. The quantitative estimate of drug-likeness (QED) is 0.698. The molecule has 0 bridgehead atoms. The van der Waals surface area contributed by atoms with Crippen LogP contribution in [0.1, 0.15) is 19.8 Å². The third kappa shape index (κ3) is 2.37. The van der Waals surface area contributed by atoms with Gasteiger partial charge in [-0.2, -0.15) is 0 Å². The van der Waals surface area contributed by atoms with Gasteiger partial charge in [0, 0.05) is 13.0 Å². The first kappa shape index (κ1) is 10.4. The van der Waals surface area contributed by atoms with Crippen molar-refractivity contribution >= 4 is 5.91 Å². The Morgan fingerprint density at radius 2 is 2.31 bits per heavy atom. The Hall–Kier alpha value is -0.710. The molecule has 1 aliphatic heterocycles. The number of halogens is 2. The molecule has 0 aliphatic carbocycles. The van der Waals surface area contributed by atoms with Gasteiger partial charge in [-0.1, -0.05) is 6.92 Å². The van der Waals surface area contributed by atoms with Crippen LogP contribution in [-0.2, 0) is 4.79 Å². The Labute approximate surface area is 75.3 Å². The molecular formula is C8H13F2NO2. The van der Waals surface area contributed by atoms with E-state index in [1.807, 2.05) is 0 Å². The molecule has 13 heavy (non-hydrogen) atoms. The van der Waals surface area contributed by atoms with E-state index in [9.17, 15) is 13.6 Å². The van der Waals surface area contributed by atoms with Gasteiger partial charge in [-0.15, -0.1) is 0 Å². The summed E-state index contributed by atoms with van der Waals surface area (Å²) < 4.78 is 25.3. The zero-order chi connectivity index (χ0) is 10.1. The molecule has 0 aromatic heterocycles. The molecule has 3 nitrogen and oxygen atoms in total. The topological polar surface area (TPSA) is 40.5 Å². The van der Waals surface area contributed by atoms with Crippen molar-refractivity contribution in [1.82, 2.24) is 4.90 Å². The second kappa shape index (κ2) is 3.57. The third-order valence-corrected chi connectivity index (χ3v) is 2.15. The Bertz CT molecular complexity index is 208. The molecule has 0 radical (unpaired) electrons. The van der Waals surface area contributed by atoms with Crippen molar-refractivity contribution in [3.8, 4) is 0 Å². The van der Waals surface area contributed by atoms with Crippen LogP contribution in [0.4, 0.5) is 8.78 Å². The number of hydrogen-bond acceptors (Lipinski definition) is 2. The van der Waals surface area contributed by atoms with Crippen LogP contribution >= 0.6 is 0 Å². The number of amides is 1. The van der Waals surface area contributed by atoms with E-state index in [2.05, 4.69) is 0 Å². The van der Waals surface area contributed by atoms with Gasteiger partial charge in [-0.25, -0.2) is 8.78 Å². The zero-order valence-corrected chi connectivity index (χ0v) is 7.46. The van der Waals surface area contributed by atoms with Crippen LogP contribution in [-0.4, -0.2) is 41.0 Å². The standard InChI is InChI=1S/C8H13F2NO2/c1-2-6(12)7(13)11-4-3-8(9,10)5-11/h6,12H,2-5H2,1H3. The van der Waals surface area contributed by atoms with Crippen LogP contribution in [0.3, 0.4) is 0 Å².